The molecule has 3 heterocycles. The van der Waals surface area contributed by atoms with Crippen LogP contribution in [0.15, 0.2) is 63.9 Å². The summed E-state index contributed by atoms with van der Waals surface area (Å²) in [6, 6.07) is 20.9. The number of piperidine rings is 1. The van der Waals surface area contributed by atoms with Gasteiger partial charge in [-0.05, 0) is 57.0 Å². The monoisotopic (exact) mass is 349 g/mol. The summed E-state index contributed by atoms with van der Waals surface area (Å²) in [6.45, 7) is 0. The number of furan rings is 1. The van der Waals surface area contributed by atoms with Crippen LogP contribution in [0.4, 0.5) is 0 Å². The number of rotatable bonds is 3. The first-order valence-electron chi connectivity index (χ1n) is 9.24. The van der Waals surface area contributed by atoms with Crippen LogP contribution in [-0.2, 0) is 0 Å². The van der Waals surface area contributed by atoms with E-state index in [2.05, 4.69) is 66.2 Å². The van der Waals surface area contributed by atoms with Gasteiger partial charge >= 0.3 is 0 Å². The minimum Gasteiger partial charge on any atom is -0.456 e. The highest BCUT2D eigenvalue weighted by Crippen LogP contribution is 2.41. The van der Waals surface area contributed by atoms with Crippen molar-refractivity contribution in [3.63, 3.8) is 0 Å². The fourth-order valence-electron chi connectivity index (χ4n) is 4.47. The predicted molar refractivity (Wildman–Crippen MR) is 105 cm³/mol. The lowest BCUT2D eigenvalue weighted by atomic mass is 10.0. The average molecular weight is 349 g/mol. The number of hydrogen-bond acceptors (Lipinski definition) is 3. The van der Waals surface area contributed by atoms with Crippen molar-refractivity contribution >= 4 is 22.7 Å². The summed E-state index contributed by atoms with van der Waals surface area (Å²) in [5, 5.41) is 1.93. The first kappa shape index (κ1) is 15.5. The molecule has 1 unspecified atom stereocenters. The van der Waals surface area contributed by atoms with E-state index < -0.39 is 0 Å². The Morgan fingerprint density at radius 3 is 2.40 bits per heavy atom. The van der Waals surface area contributed by atoms with Crippen molar-refractivity contribution in [1.82, 2.24) is 4.90 Å². The van der Waals surface area contributed by atoms with Gasteiger partial charge in [0.05, 0.1) is 0 Å². The predicted octanol–water partition coefficient (Wildman–Crippen LogP) is 5.82. The van der Waals surface area contributed by atoms with Gasteiger partial charge in [0, 0.05) is 33.2 Å². The highest BCUT2D eigenvalue weighted by atomic mass is 32.2. The maximum atomic E-state index is 5.98. The van der Waals surface area contributed by atoms with E-state index in [1.54, 1.807) is 0 Å². The van der Waals surface area contributed by atoms with Gasteiger partial charge in [0.25, 0.3) is 0 Å². The molecule has 2 aliphatic rings. The van der Waals surface area contributed by atoms with Gasteiger partial charge in [-0.1, -0.05) is 30.3 Å². The number of hydrogen-bond donors (Lipinski definition) is 0. The highest BCUT2D eigenvalue weighted by Gasteiger charge is 2.38. The second kappa shape index (κ2) is 6.22. The van der Waals surface area contributed by atoms with Gasteiger partial charge in [-0.2, -0.15) is 0 Å². The van der Waals surface area contributed by atoms with Gasteiger partial charge in [-0.15, -0.1) is 11.8 Å². The molecule has 1 aromatic heterocycles. The van der Waals surface area contributed by atoms with E-state index in [0.717, 1.165) is 39.6 Å². The van der Waals surface area contributed by atoms with E-state index >= 15 is 0 Å². The van der Waals surface area contributed by atoms with Crippen LogP contribution < -0.4 is 0 Å². The van der Waals surface area contributed by atoms with Crippen LogP contribution in [0, 0.1) is 0 Å². The molecule has 2 bridgehead atoms. The Balaban J connectivity index is 1.32. The molecular weight excluding hydrogens is 326 g/mol. The van der Waals surface area contributed by atoms with Crippen LogP contribution in [0.5, 0.6) is 0 Å². The van der Waals surface area contributed by atoms with Crippen molar-refractivity contribution in [2.75, 3.05) is 7.05 Å². The summed E-state index contributed by atoms with van der Waals surface area (Å²) < 4.78 is 5.98. The van der Waals surface area contributed by atoms with Crippen molar-refractivity contribution in [3.05, 3.63) is 54.6 Å². The molecule has 0 saturated carbocycles. The summed E-state index contributed by atoms with van der Waals surface area (Å²) in [7, 11) is 2.31. The minimum absolute atomic E-state index is 0.769. The molecule has 5 rings (SSSR count). The second-order valence-corrected chi connectivity index (χ2v) is 8.81. The van der Waals surface area contributed by atoms with E-state index in [9.17, 15) is 0 Å². The largest absolute Gasteiger partial charge is 0.456 e. The molecule has 3 aromatic rings. The number of para-hydroxylation sites is 1. The SMILES string of the molecule is CN1[C@@H]2CC[C@H]1CC(Sc1ccc(-c3cc4ccccc4o3)cc1)C2. The molecule has 3 atom stereocenters. The third-order valence-electron chi connectivity index (χ3n) is 5.92. The van der Waals surface area contributed by atoms with E-state index in [-0.39, 0.29) is 0 Å². The molecule has 128 valence electrons. The van der Waals surface area contributed by atoms with Gasteiger partial charge < -0.3 is 9.32 Å². The summed E-state index contributed by atoms with van der Waals surface area (Å²) in [5.74, 6) is 0.954. The molecule has 0 amide bonds. The van der Waals surface area contributed by atoms with Crippen LogP contribution in [-0.4, -0.2) is 29.3 Å². The summed E-state index contributed by atoms with van der Waals surface area (Å²) in [5.41, 5.74) is 2.11. The van der Waals surface area contributed by atoms with Crippen molar-refractivity contribution in [2.45, 2.75) is 47.9 Å². The zero-order valence-corrected chi connectivity index (χ0v) is 15.3. The Kier molecular flexibility index (Phi) is 3.87. The van der Waals surface area contributed by atoms with Crippen LogP contribution in [0.25, 0.3) is 22.3 Å². The van der Waals surface area contributed by atoms with Gasteiger partial charge in [-0.25, -0.2) is 0 Å². The number of thioether (sulfide) groups is 1. The van der Waals surface area contributed by atoms with Crippen molar-refractivity contribution in [2.24, 2.45) is 0 Å². The first-order valence-corrected chi connectivity index (χ1v) is 10.1. The summed E-state index contributed by atoms with van der Waals surface area (Å²) in [6.07, 6.45) is 5.46. The fraction of sp³-hybridized carbons (Fsp3) is 0.364. The molecule has 2 nitrogen and oxygen atoms in total. The molecule has 2 saturated heterocycles. The van der Waals surface area contributed by atoms with E-state index in [0.29, 0.717) is 0 Å². The van der Waals surface area contributed by atoms with Gasteiger partial charge in [0.1, 0.15) is 11.3 Å². The molecule has 0 N–H and O–H groups in total. The molecule has 2 aliphatic heterocycles. The van der Waals surface area contributed by atoms with Crippen molar-refractivity contribution in [1.29, 1.82) is 0 Å². The van der Waals surface area contributed by atoms with Crippen LogP contribution >= 0.6 is 11.8 Å². The van der Waals surface area contributed by atoms with Crippen LogP contribution in [0.3, 0.4) is 0 Å². The molecule has 0 spiro atoms. The Hall–Kier alpha value is -1.71. The average Bonchev–Trinajstić information content (AvgIpc) is 3.13. The Morgan fingerprint density at radius 1 is 0.960 bits per heavy atom. The molecule has 0 aliphatic carbocycles. The third kappa shape index (κ3) is 2.90. The standard InChI is InChI=1S/C22H23NOS/c1-23-17-8-9-18(23)14-20(13-17)25-19-10-6-15(7-11-19)22-12-16-4-2-3-5-21(16)24-22/h2-7,10-12,17-18,20H,8-9,13-14H2,1H3/t17-,18+,20?. The Bertz CT molecular complexity index is 837. The fourth-order valence-corrected chi connectivity index (χ4v) is 5.79. The van der Waals surface area contributed by atoms with Crippen molar-refractivity contribution in [3.8, 4) is 11.3 Å². The van der Waals surface area contributed by atoms with Gasteiger partial charge in [0.2, 0.25) is 0 Å². The Labute approximate surface area is 153 Å². The summed E-state index contributed by atoms with van der Waals surface area (Å²) in [4.78, 5) is 4.00. The molecule has 2 fully saturated rings. The second-order valence-electron chi connectivity index (χ2n) is 7.43. The lowest BCUT2D eigenvalue weighted by molar-refractivity contribution is 0.183. The lowest BCUT2D eigenvalue weighted by Gasteiger charge is -2.36. The van der Waals surface area contributed by atoms with Gasteiger partial charge in [-0.3, -0.25) is 0 Å². The molecule has 3 heteroatoms. The quantitative estimate of drug-likeness (QED) is 0.593. The van der Waals surface area contributed by atoms with Crippen LogP contribution in [0.2, 0.25) is 0 Å². The van der Waals surface area contributed by atoms with E-state index in [4.69, 9.17) is 4.42 Å². The normalized spacial score (nSPS) is 26.4. The van der Waals surface area contributed by atoms with E-state index in [1.165, 1.54) is 30.6 Å². The molecule has 0 radical (unpaired) electrons. The number of fused-ring (bicyclic) bond motifs is 3. The smallest absolute Gasteiger partial charge is 0.135 e. The maximum Gasteiger partial charge on any atom is 0.135 e. The third-order valence-corrected chi connectivity index (χ3v) is 7.18. The minimum atomic E-state index is 0.769. The highest BCUT2D eigenvalue weighted by molar-refractivity contribution is 8.00. The zero-order chi connectivity index (χ0) is 16.8. The topological polar surface area (TPSA) is 16.4 Å². The first-order chi connectivity index (χ1) is 12.3. The number of nitrogens with zero attached hydrogens (tertiary/aromatic N) is 1. The summed E-state index contributed by atoms with van der Waals surface area (Å²) >= 11 is 2.07. The zero-order valence-electron chi connectivity index (χ0n) is 14.5. The van der Waals surface area contributed by atoms with E-state index in [1.807, 2.05) is 12.1 Å². The van der Waals surface area contributed by atoms with Crippen LogP contribution in [0.1, 0.15) is 25.7 Å². The molecule has 25 heavy (non-hydrogen) atoms. The van der Waals surface area contributed by atoms with Gasteiger partial charge in [0.15, 0.2) is 0 Å². The molecule has 2 aromatic carbocycles. The lowest BCUT2D eigenvalue weighted by Crippen LogP contribution is -2.40. The molecular formula is C22H23NOS. The maximum absolute atomic E-state index is 5.98. The van der Waals surface area contributed by atoms with Crippen molar-refractivity contribution < 1.29 is 4.42 Å². The number of benzene rings is 2. The Morgan fingerprint density at radius 2 is 1.68 bits per heavy atom.